The maximum absolute atomic E-state index is 14.3. The maximum Gasteiger partial charge on any atom is 0.458 e. The number of halogens is 6. The van der Waals surface area contributed by atoms with Crippen LogP contribution < -0.4 is 0 Å². The van der Waals surface area contributed by atoms with Crippen molar-refractivity contribution in [3.63, 3.8) is 0 Å². The van der Waals surface area contributed by atoms with Crippen molar-refractivity contribution < 1.29 is 34.8 Å². The van der Waals surface area contributed by atoms with Crippen molar-refractivity contribution in [2.75, 3.05) is 5.75 Å². The molecule has 5 rings (SSSR count). The third-order valence-electron chi connectivity index (χ3n) is 6.63. The van der Waals surface area contributed by atoms with Gasteiger partial charge in [0.1, 0.15) is 16.9 Å². The Balaban J connectivity index is 1.63. The van der Waals surface area contributed by atoms with Gasteiger partial charge in [0.25, 0.3) is 0 Å². The van der Waals surface area contributed by atoms with Crippen LogP contribution in [0, 0.1) is 0 Å². The molecule has 3 aromatic heterocycles. The van der Waals surface area contributed by atoms with Crippen molar-refractivity contribution in [1.29, 1.82) is 0 Å². The molecule has 0 amide bonds. The Labute approximate surface area is 213 Å². The lowest BCUT2D eigenvalue weighted by Gasteiger charge is -2.19. The molecule has 0 aliphatic heterocycles. The normalized spacial score (nSPS) is 15.7. The van der Waals surface area contributed by atoms with Gasteiger partial charge >= 0.3 is 12.1 Å². The maximum atomic E-state index is 14.3. The van der Waals surface area contributed by atoms with Gasteiger partial charge in [0, 0.05) is 25.0 Å². The summed E-state index contributed by atoms with van der Waals surface area (Å²) >= 11 is 0. The van der Waals surface area contributed by atoms with Gasteiger partial charge in [0.05, 0.1) is 16.2 Å². The molecule has 38 heavy (non-hydrogen) atoms. The summed E-state index contributed by atoms with van der Waals surface area (Å²) in [7, 11) is -2.48. The molecule has 1 aliphatic rings. The molecule has 4 aromatic rings. The number of pyridine rings is 2. The van der Waals surface area contributed by atoms with Gasteiger partial charge in [-0.05, 0) is 36.1 Å². The topological polar surface area (TPSA) is 77.7 Å². The first-order chi connectivity index (χ1) is 17.7. The second-order valence-corrected chi connectivity index (χ2v) is 11.4. The smallest absolute Gasteiger partial charge is 0.310 e. The summed E-state index contributed by atoms with van der Waals surface area (Å²) in [5.74, 6) is -5.53. The highest BCUT2D eigenvalue weighted by Gasteiger charge is 2.59. The summed E-state index contributed by atoms with van der Waals surface area (Å²) in [6.45, 7) is 1.43. The summed E-state index contributed by atoms with van der Waals surface area (Å²) in [6.07, 6.45) is -3.14. The molecule has 0 atom stereocenters. The number of rotatable bonds is 6. The zero-order chi connectivity index (χ0) is 27.7. The second kappa shape index (κ2) is 8.52. The number of aryl methyl sites for hydroxylation is 1. The number of hydrogen-bond acceptors (Lipinski definition) is 5. The largest absolute Gasteiger partial charge is 0.458 e. The molecule has 0 N–H and O–H groups in total. The fraction of sp³-hybridized carbons (Fsp3) is 0.320. The molecule has 1 aliphatic carbocycles. The van der Waals surface area contributed by atoms with E-state index in [1.165, 1.54) is 30.8 Å². The van der Waals surface area contributed by atoms with Crippen LogP contribution in [-0.2, 0) is 28.5 Å². The van der Waals surface area contributed by atoms with Crippen LogP contribution in [0.4, 0.5) is 26.3 Å². The highest BCUT2D eigenvalue weighted by Crippen LogP contribution is 2.49. The summed E-state index contributed by atoms with van der Waals surface area (Å²) in [4.78, 5) is 11.9. The number of benzene rings is 1. The zero-order valence-corrected chi connectivity index (χ0v) is 20.8. The van der Waals surface area contributed by atoms with Crippen LogP contribution >= 0.6 is 0 Å². The van der Waals surface area contributed by atoms with Crippen molar-refractivity contribution in [3.05, 3.63) is 59.9 Å². The van der Waals surface area contributed by atoms with E-state index in [9.17, 15) is 34.8 Å². The fourth-order valence-electron chi connectivity index (χ4n) is 4.15. The number of nitrogens with zero attached hydrogens (tertiary/aromatic N) is 4. The van der Waals surface area contributed by atoms with Gasteiger partial charge < -0.3 is 4.57 Å². The van der Waals surface area contributed by atoms with Crippen LogP contribution in [-0.4, -0.2) is 39.9 Å². The van der Waals surface area contributed by atoms with E-state index in [1.807, 2.05) is 0 Å². The van der Waals surface area contributed by atoms with E-state index < -0.39 is 33.2 Å². The van der Waals surface area contributed by atoms with Gasteiger partial charge in [0.15, 0.2) is 21.3 Å². The molecular weight excluding hydrogens is 534 g/mol. The highest BCUT2D eigenvalue weighted by atomic mass is 32.2. The monoisotopic (exact) mass is 554 g/mol. The lowest BCUT2D eigenvalue weighted by Crippen LogP contribution is -2.33. The second-order valence-electron chi connectivity index (χ2n) is 9.15. The standard InChI is InChI=1S/C25H20F6N4O2S/c1-3-38(36,37)19-10-15(14-4-6-16(7-5-14)23(26)8-9-23)12-32-20(19)22-34-18-11-17(13-33-21(18)35(22)2)24(27,28)25(29,30)31/h4-7,10-13H,3,8-9H2,1-2H3. The number of aromatic nitrogens is 4. The first kappa shape index (κ1) is 26.1. The summed E-state index contributed by atoms with van der Waals surface area (Å²) in [6, 6.07) is 8.55. The molecule has 3 heterocycles. The molecule has 0 radical (unpaired) electrons. The average Bonchev–Trinajstić information content (AvgIpc) is 3.55. The quantitative estimate of drug-likeness (QED) is 0.269. The Morgan fingerprint density at radius 3 is 2.21 bits per heavy atom. The number of sulfone groups is 1. The van der Waals surface area contributed by atoms with Gasteiger partial charge in [-0.15, -0.1) is 0 Å². The molecule has 200 valence electrons. The Morgan fingerprint density at radius 1 is 0.974 bits per heavy atom. The van der Waals surface area contributed by atoms with Crippen molar-refractivity contribution in [2.24, 2.45) is 7.05 Å². The summed E-state index contributed by atoms with van der Waals surface area (Å²) < 4.78 is 108. The third-order valence-corrected chi connectivity index (χ3v) is 8.37. The summed E-state index contributed by atoms with van der Waals surface area (Å²) in [5, 5.41) is 0. The minimum Gasteiger partial charge on any atom is -0.310 e. The Hall–Kier alpha value is -3.48. The highest BCUT2D eigenvalue weighted by molar-refractivity contribution is 7.91. The van der Waals surface area contributed by atoms with Gasteiger partial charge in [-0.25, -0.2) is 22.8 Å². The van der Waals surface area contributed by atoms with Crippen LogP contribution in [0.3, 0.4) is 0 Å². The number of imidazole rings is 1. The van der Waals surface area contributed by atoms with Crippen molar-refractivity contribution in [1.82, 2.24) is 19.5 Å². The van der Waals surface area contributed by atoms with E-state index in [0.717, 1.165) is 0 Å². The van der Waals surface area contributed by atoms with E-state index >= 15 is 0 Å². The third kappa shape index (κ3) is 4.22. The molecule has 1 aromatic carbocycles. The lowest BCUT2D eigenvalue weighted by atomic mass is 10.0. The van der Waals surface area contributed by atoms with E-state index in [-0.39, 0.29) is 33.3 Å². The Kier molecular flexibility index (Phi) is 5.86. The first-order valence-corrected chi connectivity index (χ1v) is 13.1. The van der Waals surface area contributed by atoms with E-state index in [1.54, 1.807) is 24.3 Å². The SMILES string of the molecule is CCS(=O)(=O)c1cc(-c2ccc(C3(F)CC3)cc2)cnc1-c1nc2cc(C(F)(F)C(F)(F)F)cnc2n1C. The fourth-order valence-corrected chi connectivity index (χ4v) is 5.20. The first-order valence-electron chi connectivity index (χ1n) is 11.5. The number of hydrogen-bond donors (Lipinski definition) is 0. The minimum absolute atomic E-state index is 0.0386. The van der Waals surface area contributed by atoms with Crippen LogP contribution in [0.2, 0.25) is 0 Å². The molecule has 1 saturated carbocycles. The van der Waals surface area contributed by atoms with Crippen LogP contribution in [0.25, 0.3) is 33.8 Å². The van der Waals surface area contributed by atoms with Gasteiger partial charge in [-0.2, -0.15) is 22.0 Å². The van der Waals surface area contributed by atoms with Crippen LogP contribution in [0.5, 0.6) is 0 Å². The minimum atomic E-state index is -5.83. The van der Waals surface area contributed by atoms with Gasteiger partial charge in [-0.3, -0.25) is 4.98 Å². The number of fused-ring (bicyclic) bond motifs is 1. The van der Waals surface area contributed by atoms with E-state index in [0.29, 0.717) is 41.8 Å². The van der Waals surface area contributed by atoms with E-state index in [2.05, 4.69) is 15.0 Å². The molecule has 1 fully saturated rings. The number of alkyl halides is 6. The van der Waals surface area contributed by atoms with Crippen molar-refractivity contribution in [3.8, 4) is 22.6 Å². The van der Waals surface area contributed by atoms with Crippen LogP contribution in [0.15, 0.2) is 53.7 Å². The zero-order valence-electron chi connectivity index (χ0n) is 20.0. The predicted octanol–water partition coefficient (Wildman–Crippen LogP) is 6.10. The average molecular weight is 555 g/mol. The summed E-state index contributed by atoms with van der Waals surface area (Å²) in [5.41, 5.74) is -1.59. The molecule has 0 unspecified atom stereocenters. The Bertz CT molecular complexity index is 1660. The van der Waals surface area contributed by atoms with Gasteiger partial charge in [-0.1, -0.05) is 31.2 Å². The molecular formula is C25H20F6N4O2S. The van der Waals surface area contributed by atoms with Crippen LogP contribution in [0.1, 0.15) is 30.9 Å². The van der Waals surface area contributed by atoms with E-state index in [4.69, 9.17) is 0 Å². The van der Waals surface area contributed by atoms with Gasteiger partial charge in [0.2, 0.25) is 0 Å². The van der Waals surface area contributed by atoms with Crippen molar-refractivity contribution in [2.45, 2.75) is 42.4 Å². The Morgan fingerprint density at radius 2 is 1.63 bits per heavy atom. The lowest BCUT2D eigenvalue weighted by molar-refractivity contribution is -0.289. The molecule has 0 saturated heterocycles. The predicted molar refractivity (Wildman–Crippen MR) is 127 cm³/mol. The van der Waals surface area contributed by atoms with Crippen molar-refractivity contribution >= 4 is 21.0 Å². The molecule has 13 heteroatoms. The molecule has 6 nitrogen and oxygen atoms in total. The molecule has 0 spiro atoms. The molecule has 0 bridgehead atoms.